The van der Waals surface area contributed by atoms with Gasteiger partial charge in [-0.2, -0.15) is 0 Å². The maximum absolute atomic E-state index is 14.2. The number of halogens is 1. The first-order valence-electron chi connectivity index (χ1n) is 11.9. The van der Waals surface area contributed by atoms with Crippen LogP contribution in [0.3, 0.4) is 0 Å². The van der Waals surface area contributed by atoms with Gasteiger partial charge in [0.1, 0.15) is 18.5 Å². The Morgan fingerprint density at radius 2 is 1.94 bits per heavy atom. The van der Waals surface area contributed by atoms with Crippen LogP contribution in [-0.4, -0.2) is 36.8 Å². The van der Waals surface area contributed by atoms with Gasteiger partial charge in [-0.05, 0) is 43.2 Å². The predicted molar refractivity (Wildman–Crippen MR) is 129 cm³/mol. The van der Waals surface area contributed by atoms with Crippen molar-refractivity contribution in [3.8, 4) is 0 Å². The largest absolute Gasteiger partial charge is 0.364 e. The number of fused-ring (bicyclic) bond motifs is 1. The first kappa shape index (κ1) is 22.5. The van der Waals surface area contributed by atoms with Gasteiger partial charge in [0.25, 0.3) is 11.8 Å². The Kier molecular flexibility index (Phi) is 6.54. The number of rotatable bonds is 6. The van der Waals surface area contributed by atoms with E-state index in [0.29, 0.717) is 12.1 Å². The van der Waals surface area contributed by atoms with E-state index in [1.807, 2.05) is 29.2 Å². The zero-order valence-electron chi connectivity index (χ0n) is 19.0. The van der Waals surface area contributed by atoms with Crippen molar-refractivity contribution in [2.45, 2.75) is 56.7 Å². The average Bonchev–Trinajstić information content (AvgIpc) is 3.16. The molecule has 2 unspecified atom stereocenters. The third-order valence-electron chi connectivity index (χ3n) is 6.77. The summed E-state index contributed by atoms with van der Waals surface area (Å²) in [6.07, 6.45) is 10.7. The molecule has 3 aliphatic rings. The maximum atomic E-state index is 14.2. The lowest BCUT2D eigenvalue weighted by molar-refractivity contribution is -0.128. The predicted octanol–water partition coefficient (Wildman–Crippen LogP) is 4.95. The van der Waals surface area contributed by atoms with E-state index in [0.717, 1.165) is 36.9 Å². The minimum absolute atomic E-state index is 0.111. The second kappa shape index (κ2) is 9.89. The van der Waals surface area contributed by atoms with Crippen molar-refractivity contribution >= 4 is 29.4 Å². The van der Waals surface area contributed by atoms with Crippen molar-refractivity contribution < 1.29 is 18.7 Å². The maximum Gasteiger partial charge on any atom is 0.255 e. The van der Waals surface area contributed by atoms with Crippen LogP contribution >= 0.6 is 0 Å². The van der Waals surface area contributed by atoms with Gasteiger partial charge in [0.15, 0.2) is 0 Å². The highest BCUT2D eigenvalue weighted by Crippen LogP contribution is 2.44. The molecule has 1 aliphatic carbocycles. The second-order valence-corrected chi connectivity index (χ2v) is 8.96. The molecule has 1 fully saturated rings. The Morgan fingerprint density at radius 1 is 1.12 bits per heavy atom. The molecule has 2 heterocycles. The number of ether oxygens (including phenoxy) is 1. The lowest BCUT2D eigenvalue weighted by Gasteiger charge is -2.33. The van der Waals surface area contributed by atoms with Crippen LogP contribution in [0.25, 0.3) is 0 Å². The average molecular weight is 462 g/mol. The molecule has 176 valence electrons. The molecule has 34 heavy (non-hydrogen) atoms. The van der Waals surface area contributed by atoms with Crippen molar-refractivity contribution in [1.29, 1.82) is 0 Å². The van der Waals surface area contributed by atoms with Crippen LogP contribution in [0.15, 0.2) is 65.8 Å². The summed E-state index contributed by atoms with van der Waals surface area (Å²) in [5, 5.41) is 0. The molecule has 2 aromatic rings. The molecular formula is C27H28FN3O3. The Labute approximate surface area is 198 Å². The van der Waals surface area contributed by atoms with Crippen LogP contribution in [0.5, 0.6) is 0 Å². The Balaban J connectivity index is 1.50. The molecule has 1 saturated carbocycles. The van der Waals surface area contributed by atoms with Gasteiger partial charge in [-0.1, -0.05) is 43.5 Å². The fourth-order valence-corrected chi connectivity index (χ4v) is 5.17. The highest BCUT2D eigenvalue weighted by Gasteiger charge is 2.45. The molecule has 0 aromatic heterocycles. The first-order valence-corrected chi connectivity index (χ1v) is 11.9. The third kappa shape index (κ3) is 4.40. The molecule has 2 atom stereocenters. The fourth-order valence-electron chi connectivity index (χ4n) is 5.17. The zero-order chi connectivity index (χ0) is 23.5. The van der Waals surface area contributed by atoms with E-state index in [4.69, 9.17) is 4.74 Å². The standard InChI is InChI=1S/C27H28FN3O3/c28-19-7-6-10-21(17-19)31(25(32)18-34-22-13-15-29-16-14-22)26-23-11-4-5-12-24(23)30(27(26)33)20-8-2-1-3-9-20/h4-7,10-13,15-17,20,22,26H,1-3,8-9,14,18H2. The number of carbonyl (C=O) groups excluding carboxylic acids is 2. The van der Waals surface area contributed by atoms with Gasteiger partial charge in [0, 0.05) is 41.8 Å². The molecule has 2 aliphatic heterocycles. The van der Waals surface area contributed by atoms with E-state index in [9.17, 15) is 14.0 Å². The van der Waals surface area contributed by atoms with Gasteiger partial charge in [-0.3, -0.25) is 19.5 Å². The molecular weight excluding hydrogens is 433 g/mol. The summed E-state index contributed by atoms with van der Waals surface area (Å²) in [5.41, 5.74) is 1.94. The first-order chi connectivity index (χ1) is 16.6. The Morgan fingerprint density at radius 3 is 2.71 bits per heavy atom. The molecule has 2 aromatic carbocycles. The quantitative estimate of drug-likeness (QED) is 0.611. The number of para-hydroxylation sites is 1. The van der Waals surface area contributed by atoms with Crippen molar-refractivity contribution in [3.63, 3.8) is 0 Å². The number of hydrogen-bond donors (Lipinski definition) is 0. The summed E-state index contributed by atoms with van der Waals surface area (Å²) >= 11 is 0. The zero-order valence-corrected chi connectivity index (χ0v) is 19.0. The van der Waals surface area contributed by atoms with Crippen molar-refractivity contribution in [2.24, 2.45) is 4.99 Å². The Bertz CT molecular complexity index is 1130. The van der Waals surface area contributed by atoms with E-state index in [-0.39, 0.29) is 30.6 Å². The number of amides is 2. The van der Waals surface area contributed by atoms with Crippen LogP contribution in [0, 0.1) is 5.82 Å². The van der Waals surface area contributed by atoms with Gasteiger partial charge in [-0.15, -0.1) is 0 Å². The molecule has 0 N–H and O–H groups in total. The molecule has 5 rings (SSSR count). The Hall–Kier alpha value is -3.32. The van der Waals surface area contributed by atoms with Crippen LogP contribution < -0.4 is 9.80 Å². The molecule has 0 saturated heterocycles. The SMILES string of the molecule is O=C1C(N(C(=O)COC2C=CN=CC2)c2cccc(F)c2)c2ccccc2N1C1CCCCC1. The summed E-state index contributed by atoms with van der Waals surface area (Å²) in [5.74, 6) is -0.999. The van der Waals surface area contributed by atoms with Gasteiger partial charge in [-0.25, -0.2) is 4.39 Å². The van der Waals surface area contributed by atoms with Crippen LogP contribution in [0.1, 0.15) is 50.1 Å². The van der Waals surface area contributed by atoms with Gasteiger partial charge in [0.2, 0.25) is 0 Å². The van der Waals surface area contributed by atoms with E-state index in [1.54, 1.807) is 30.6 Å². The smallest absolute Gasteiger partial charge is 0.255 e. The summed E-state index contributed by atoms with van der Waals surface area (Å²) in [6, 6.07) is 12.7. The monoisotopic (exact) mass is 461 g/mol. The van der Waals surface area contributed by atoms with Gasteiger partial charge < -0.3 is 9.64 Å². The van der Waals surface area contributed by atoms with Crippen LogP contribution in [0.2, 0.25) is 0 Å². The van der Waals surface area contributed by atoms with Crippen molar-refractivity contribution in [2.75, 3.05) is 16.4 Å². The van der Waals surface area contributed by atoms with Gasteiger partial charge >= 0.3 is 0 Å². The molecule has 0 spiro atoms. The molecule has 0 bridgehead atoms. The summed E-state index contributed by atoms with van der Waals surface area (Å²) in [4.78, 5) is 34.8. The van der Waals surface area contributed by atoms with E-state index < -0.39 is 11.9 Å². The number of carbonyl (C=O) groups is 2. The van der Waals surface area contributed by atoms with Crippen LogP contribution in [0.4, 0.5) is 15.8 Å². The number of benzene rings is 2. The number of aliphatic imine (C=N–C) groups is 1. The lowest BCUT2D eigenvalue weighted by Crippen LogP contribution is -2.46. The molecule has 0 radical (unpaired) electrons. The second-order valence-electron chi connectivity index (χ2n) is 8.96. The minimum Gasteiger partial charge on any atom is -0.364 e. The fraction of sp³-hybridized carbons (Fsp3) is 0.370. The van der Waals surface area contributed by atoms with Crippen molar-refractivity contribution in [3.05, 3.63) is 72.2 Å². The summed E-state index contributed by atoms with van der Waals surface area (Å²) in [7, 11) is 0. The normalized spacial score (nSPS) is 22.1. The number of nitrogens with zero attached hydrogens (tertiary/aromatic N) is 3. The minimum atomic E-state index is -0.862. The van der Waals surface area contributed by atoms with Crippen molar-refractivity contribution in [1.82, 2.24) is 0 Å². The number of anilines is 2. The van der Waals surface area contributed by atoms with E-state index in [2.05, 4.69) is 4.99 Å². The third-order valence-corrected chi connectivity index (χ3v) is 6.77. The van der Waals surface area contributed by atoms with E-state index >= 15 is 0 Å². The topological polar surface area (TPSA) is 62.2 Å². The summed E-state index contributed by atoms with van der Waals surface area (Å²) < 4.78 is 20.0. The lowest BCUT2D eigenvalue weighted by atomic mass is 9.94. The molecule has 6 nitrogen and oxygen atoms in total. The highest BCUT2D eigenvalue weighted by molar-refractivity contribution is 6.11. The highest BCUT2D eigenvalue weighted by atomic mass is 19.1. The number of hydrogen-bond acceptors (Lipinski definition) is 4. The van der Waals surface area contributed by atoms with Gasteiger partial charge in [0.05, 0.1) is 6.10 Å². The van der Waals surface area contributed by atoms with Crippen LogP contribution in [-0.2, 0) is 14.3 Å². The summed E-state index contributed by atoms with van der Waals surface area (Å²) in [6.45, 7) is -0.227. The molecule has 7 heteroatoms. The molecule has 2 amide bonds. The van der Waals surface area contributed by atoms with E-state index in [1.165, 1.54) is 23.5 Å².